The maximum absolute atomic E-state index is 12.7. The Morgan fingerprint density at radius 1 is 1.40 bits per heavy atom. The minimum absolute atomic E-state index is 0.196. The van der Waals surface area contributed by atoms with E-state index < -0.39 is 22.7 Å². The van der Waals surface area contributed by atoms with Crippen molar-refractivity contribution in [3.63, 3.8) is 0 Å². The van der Waals surface area contributed by atoms with E-state index in [-0.39, 0.29) is 5.01 Å². The molecule has 0 aromatic carbocycles. The number of ether oxygens (including phenoxy) is 1. The van der Waals surface area contributed by atoms with Gasteiger partial charge in [0.1, 0.15) is 4.88 Å². The molecule has 1 saturated heterocycles. The molecule has 9 heteroatoms. The predicted octanol–water partition coefficient (Wildman–Crippen LogP) is 1.73. The minimum atomic E-state index is -4.73. The Bertz CT molecular complexity index is 484. The third kappa shape index (κ3) is 3.68. The lowest BCUT2D eigenvalue weighted by atomic mass is 10.3. The molecule has 1 fully saturated rings. The number of morpholine rings is 1. The van der Waals surface area contributed by atoms with Crippen LogP contribution in [0.5, 0.6) is 0 Å². The van der Waals surface area contributed by atoms with Crippen molar-refractivity contribution in [3.05, 3.63) is 15.6 Å². The fourth-order valence-electron chi connectivity index (χ4n) is 1.89. The van der Waals surface area contributed by atoms with Gasteiger partial charge >= 0.3 is 12.1 Å². The number of rotatable bonds is 4. The Morgan fingerprint density at radius 2 is 2.05 bits per heavy atom. The van der Waals surface area contributed by atoms with Crippen LogP contribution < -0.4 is 0 Å². The van der Waals surface area contributed by atoms with Crippen molar-refractivity contribution in [2.24, 2.45) is 0 Å². The molecule has 0 radical (unpaired) electrons. The average Bonchev–Trinajstić information content (AvgIpc) is 2.82. The van der Waals surface area contributed by atoms with Crippen molar-refractivity contribution >= 4 is 17.3 Å². The first-order valence-corrected chi connectivity index (χ1v) is 6.80. The fourth-order valence-corrected chi connectivity index (χ4v) is 2.80. The summed E-state index contributed by atoms with van der Waals surface area (Å²) < 4.78 is 43.2. The molecule has 0 aliphatic carbocycles. The van der Waals surface area contributed by atoms with Crippen molar-refractivity contribution in [1.82, 2.24) is 9.88 Å². The van der Waals surface area contributed by atoms with E-state index in [1.165, 1.54) is 0 Å². The summed E-state index contributed by atoms with van der Waals surface area (Å²) in [5, 5.41) is 9.00. The molecular formula is C11H13F3N2O3S. The Kier molecular flexibility index (Phi) is 4.61. The molecule has 0 unspecified atom stereocenters. The van der Waals surface area contributed by atoms with Crippen LogP contribution in [0, 0.1) is 0 Å². The van der Waals surface area contributed by atoms with E-state index in [9.17, 15) is 18.0 Å². The van der Waals surface area contributed by atoms with E-state index in [0.717, 1.165) is 13.1 Å². The molecule has 1 aromatic heterocycles. The highest BCUT2D eigenvalue weighted by atomic mass is 32.1. The van der Waals surface area contributed by atoms with E-state index >= 15 is 0 Å². The summed E-state index contributed by atoms with van der Waals surface area (Å²) in [7, 11) is 0. The molecule has 1 N–H and O–H groups in total. The SMILES string of the molecule is O=C(O)c1sc(CCN2CCOCC2)nc1C(F)(F)F. The van der Waals surface area contributed by atoms with Gasteiger partial charge in [-0.2, -0.15) is 13.2 Å². The molecule has 2 rings (SSSR count). The van der Waals surface area contributed by atoms with Crippen molar-refractivity contribution in [2.45, 2.75) is 12.6 Å². The van der Waals surface area contributed by atoms with Gasteiger partial charge in [-0.3, -0.25) is 4.90 Å². The van der Waals surface area contributed by atoms with Crippen molar-refractivity contribution < 1.29 is 27.8 Å². The molecule has 112 valence electrons. The maximum atomic E-state index is 12.7. The summed E-state index contributed by atoms with van der Waals surface area (Å²) in [6, 6.07) is 0. The molecular weight excluding hydrogens is 297 g/mol. The van der Waals surface area contributed by atoms with Gasteiger partial charge in [0, 0.05) is 26.1 Å². The first-order chi connectivity index (χ1) is 9.38. The third-order valence-corrected chi connectivity index (χ3v) is 3.98. The van der Waals surface area contributed by atoms with Crippen LogP contribution in [0.25, 0.3) is 0 Å². The summed E-state index contributed by atoms with van der Waals surface area (Å²) in [6.07, 6.45) is -4.43. The lowest BCUT2D eigenvalue weighted by molar-refractivity contribution is -0.141. The van der Waals surface area contributed by atoms with Crippen LogP contribution in [-0.2, 0) is 17.3 Å². The number of alkyl halides is 3. The molecule has 0 saturated carbocycles. The van der Waals surface area contributed by atoms with E-state index in [0.29, 0.717) is 37.5 Å². The number of aromatic carboxylic acids is 1. The van der Waals surface area contributed by atoms with Crippen LogP contribution in [-0.4, -0.2) is 53.8 Å². The van der Waals surface area contributed by atoms with Gasteiger partial charge in [-0.1, -0.05) is 0 Å². The van der Waals surface area contributed by atoms with Crippen molar-refractivity contribution in [3.8, 4) is 0 Å². The summed E-state index contributed by atoms with van der Waals surface area (Å²) in [6.45, 7) is 3.21. The lowest BCUT2D eigenvalue weighted by Gasteiger charge is -2.25. The second kappa shape index (κ2) is 6.06. The Hall–Kier alpha value is -1.19. The van der Waals surface area contributed by atoms with Crippen LogP contribution in [0.15, 0.2) is 0 Å². The van der Waals surface area contributed by atoms with E-state index in [4.69, 9.17) is 9.84 Å². The molecule has 2 heterocycles. The maximum Gasteiger partial charge on any atom is 0.435 e. The number of hydrogen-bond acceptors (Lipinski definition) is 5. The zero-order chi connectivity index (χ0) is 14.8. The smallest absolute Gasteiger partial charge is 0.435 e. The number of hydrogen-bond donors (Lipinski definition) is 1. The second-order valence-corrected chi connectivity index (χ2v) is 5.38. The molecule has 5 nitrogen and oxygen atoms in total. The van der Waals surface area contributed by atoms with Gasteiger partial charge in [0.15, 0.2) is 5.69 Å². The number of aromatic nitrogens is 1. The second-order valence-electron chi connectivity index (χ2n) is 4.29. The quantitative estimate of drug-likeness (QED) is 0.918. The molecule has 0 spiro atoms. The van der Waals surface area contributed by atoms with Gasteiger partial charge in [-0.25, -0.2) is 9.78 Å². The molecule has 0 atom stereocenters. The van der Waals surface area contributed by atoms with Gasteiger partial charge in [-0.15, -0.1) is 11.3 Å². The van der Waals surface area contributed by atoms with Crippen molar-refractivity contribution in [1.29, 1.82) is 0 Å². The highest BCUT2D eigenvalue weighted by molar-refractivity contribution is 7.13. The summed E-state index contributed by atoms with van der Waals surface area (Å²) >= 11 is 0.594. The van der Waals surface area contributed by atoms with Crippen LogP contribution in [0.3, 0.4) is 0 Å². The van der Waals surface area contributed by atoms with Crippen LogP contribution in [0.2, 0.25) is 0 Å². The zero-order valence-electron chi connectivity index (χ0n) is 10.4. The number of carboxylic acid groups (broad SMARTS) is 1. The van der Waals surface area contributed by atoms with Gasteiger partial charge in [0.05, 0.1) is 18.2 Å². The normalized spacial score (nSPS) is 17.4. The number of nitrogens with zero attached hydrogens (tertiary/aromatic N) is 2. The van der Waals surface area contributed by atoms with E-state index in [1.54, 1.807) is 0 Å². The zero-order valence-corrected chi connectivity index (χ0v) is 11.3. The molecule has 1 aliphatic rings. The van der Waals surface area contributed by atoms with Gasteiger partial charge in [0.25, 0.3) is 0 Å². The largest absolute Gasteiger partial charge is 0.477 e. The number of carboxylic acids is 1. The molecule has 1 aromatic rings. The number of carbonyl (C=O) groups is 1. The standard InChI is InChI=1S/C11H13F3N2O3S/c12-11(13,14)9-8(10(17)18)20-7(15-9)1-2-16-3-5-19-6-4-16/h1-6H2,(H,17,18). The molecule has 0 bridgehead atoms. The number of thiazole rings is 1. The van der Waals surface area contributed by atoms with Gasteiger partial charge in [0.2, 0.25) is 0 Å². The first kappa shape index (κ1) is 15.2. The summed E-state index contributed by atoms with van der Waals surface area (Å²) in [4.78, 5) is 15.6. The van der Waals surface area contributed by atoms with Gasteiger partial charge in [-0.05, 0) is 0 Å². The monoisotopic (exact) mass is 310 g/mol. The van der Waals surface area contributed by atoms with Crippen LogP contribution >= 0.6 is 11.3 Å². The minimum Gasteiger partial charge on any atom is -0.477 e. The third-order valence-electron chi connectivity index (χ3n) is 2.88. The van der Waals surface area contributed by atoms with Gasteiger partial charge < -0.3 is 9.84 Å². The highest BCUT2D eigenvalue weighted by Crippen LogP contribution is 2.34. The Morgan fingerprint density at radius 3 is 2.55 bits per heavy atom. The molecule has 0 amide bonds. The molecule has 1 aliphatic heterocycles. The topological polar surface area (TPSA) is 62.7 Å². The van der Waals surface area contributed by atoms with Crippen LogP contribution in [0.1, 0.15) is 20.4 Å². The summed E-state index contributed by atoms with van der Waals surface area (Å²) in [5.41, 5.74) is -1.30. The average molecular weight is 310 g/mol. The Labute approximate surface area is 117 Å². The first-order valence-electron chi connectivity index (χ1n) is 5.98. The lowest BCUT2D eigenvalue weighted by Crippen LogP contribution is -2.37. The predicted molar refractivity (Wildman–Crippen MR) is 65.0 cm³/mol. The van der Waals surface area contributed by atoms with E-state index in [1.807, 2.05) is 0 Å². The van der Waals surface area contributed by atoms with E-state index in [2.05, 4.69) is 9.88 Å². The number of halogens is 3. The molecule has 20 heavy (non-hydrogen) atoms. The van der Waals surface area contributed by atoms with Crippen LogP contribution in [0.4, 0.5) is 13.2 Å². The fraction of sp³-hybridized carbons (Fsp3) is 0.636. The van der Waals surface area contributed by atoms with Crippen molar-refractivity contribution in [2.75, 3.05) is 32.8 Å². The Balaban J connectivity index is 2.06. The summed E-state index contributed by atoms with van der Waals surface area (Å²) in [5.74, 6) is -1.59. The highest BCUT2D eigenvalue weighted by Gasteiger charge is 2.39.